The molecule has 4 nitrogen and oxygen atoms in total. The third kappa shape index (κ3) is 1.88. The minimum atomic E-state index is -1.33. The maximum absolute atomic E-state index is 13.6. The number of likely N-dealkylation sites (tertiary alicyclic amines) is 1. The lowest BCUT2D eigenvalue weighted by Crippen LogP contribution is -2.50. The first-order valence-corrected chi connectivity index (χ1v) is 5.61. The van der Waals surface area contributed by atoms with Crippen LogP contribution in [0.25, 0.3) is 0 Å². The Labute approximate surface area is 94.4 Å². The SMILES string of the molecule is CC(C)(C)OC(=O)N1CC2CC1[C@@H](F)[C@@H]2O. The van der Waals surface area contributed by atoms with Crippen LogP contribution in [0.5, 0.6) is 0 Å². The van der Waals surface area contributed by atoms with Gasteiger partial charge in [-0.1, -0.05) is 0 Å². The first kappa shape index (κ1) is 11.6. The van der Waals surface area contributed by atoms with Gasteiger partial charge in [0.2, 0.25) is 0 Å². The van der Waals surface area contributed by atoms with Crippen molar-refractivity contribution in [3.8, 4) is 0 Å². The highest BCUT2D eigenvalue weighted by Gasteiger charge is 2.54. The molecule has 0 aromatic rings. The maximum Gasteiger partial charge on any atom is 0.410 e. The molecule has 1 saturated carbocycles. The Balaban J connectivity index is 2.01. The van der Waals surface area contributed by atoms with Gasteiger partial charge in [0, 0.05) is 12.5 Å². The van der Waals surface area contributed by atoms with E-state index >= 15 is 0 Å². The summed E-state index contributed by atoms with van der Waals surface area (Å²) in [6.45, 7) is 5.74. The molecular formula is C11H18FNO3. The summed E-state index contributed by atoms with van der Waals surface area (Å²) in [7, 11) is 0. The molecule has 2 aliphatic rings. The Morgan fingerprint density at radius 1 is 1.50 bits per heavy atom. The Morgan fingerprint density at radius 2 is 2.12 bits per heavy atom. The molecule has 92 valence electrons. The number of ether oxygens (including phenoxy) is 1. The molecule has 1 aliphatic heterocycles. The van der Waals surface area contributed by atoms with Crippen LogP contribution in [0.4, 0.5) is 9.18 Å². The van der Waals surface area contributed by atoms with E-state index in [-0.39, 0.29) is 5.92 Å². The van der Waals surface area contributed by atoms with Crippen molar-refractivity contribution in [2.24, 2.45) is 5.92 Å². The average molecular weight is 231 g/mol. The molecule has 16 heavy (non-hydrogen) atoms. The standard InChI is InChI=1S/C11H18FNO3/c1-11(2,3)16-10(15)13-5-6-4-7(13)8(12)9(6)14/h6-9,14H,4-5H2,1-3H3/t6?,7?,8-,9-/m1/s1. The van der Waals surface area contributed by atoms with Crippen LogP contribution in [-0.2, 0) is 4.74 Å². The van der Waals surface area contributed by atoms with Gasteiger partial charge in [-0.05, 0) is 27.2 Å². The lowest BCUT2D eigenvalue weighted by atomic mass is 10.1. The number of aliphatic hydroxyl groups excluding tert-OH is 1. The molecule has 2 unspecified atom stereocenters. The van der Waals surface area contributed by atoms with Gasteiger partial charge in [0.25, 0.3) is 0 Å². The van der Waals surface area contributed by atoms with Crippen LogP contribution in [0.2, 0.25) is 0 Å². The lowest BCUT2D eigenvalue weighted by Gasteiger charge is -2.33. The molecule has 2 fully saturated rings. The number of rotatable bonds is 0. The number of fused-ring (bicyclic) bond motifs is 2. The molecular weight excluding hydrogens is 213 g/mol. The van der Waals surface area contributed by atoms with E-state index < -0.39 is 30.0 Å². The summed E-state index contributed by atoms with van der Waals surface area (Å²) in [6.07, 6.45) is -2.17. The zero-order valence-corrected chi connectivity index (χ0v) is 9.81. The predicted molar refractivity (Wildman–Crippen MR) is 55.7 cm³/mol. The minimum Gasteiger partial charge on any atom is -0.444 e. The smallest absolute Gasteiger partial charge is 0.410 e. The minimum absolute atomic E-state index is 0.132. The van der Waals surface area contributed by atoms with Crippen LogP contribution in [0.1, 0.15) is 27.2 Å². The molecule has 1 heterocycles. The number of carbonyl (C=O) groups excluding carboxylic acids is 1. The molecule has 0 aromatic heterocycles. The van der Waals surface area contributed by atoms with Gasteiger partial charge >= 0.3 is 6.09 Å². The zero-order valence-electron chi connectivity index (χ0n) is 9.81. The molecule has 2 bridgehead atoms. The second-order valence-electron chi connectivity index (χ2n) is 5.63. The van der Waals surface area contributed by atoms with E-state index in [1.807, 2.05) is 0 Å². The number of hydrogen-bond acceptors (Lipinski definition) is 3. The normalized spacial score (nSPS) is 37.9. The number of alkyl halides is 1. The van der Waals surface area contributed by atoms with Crippen molar-refractivity contribution >= 4 is 6.09 Å². The van der Waals surface area contributed by atoms with Crippen LogP contribution in [0, 0.1) is 5.92 Å². The monoisotopic (exact) mass is 231 g/mol. The summed E-state index contributed by atoms with van der Waals surface area (Å²) in [5.41, 5.74) is -0.566. The molecule has 0 radical (unpaired) electrons. The largest absolute Gasteiger partial charge is 0.444 e. The number of halogens is 1. The fourth-order valence-corrected chi connectivity index (χ4v) is 2.47. The first-order valence-electron chi connectivity index (χ1n) is 5.61. The van der Waals surface area contributed by atoms with Crippen molar-refractivity contribution in [2.75, 3.05) is 6.54 Å². The fourth-order valence-electron chi connectivity index (χ4n) is 2.47. The molecule has 0 aromatic carbocycles. The Hall–Kier alpha value is -0.840. The molecule has 1 aliphatic carbocycles. The predicted octanol–water partition coefficient (Wildman–Crippen LogP) is 1.32. The number of carbonyl (C=O) groups is 1. The summed E-state index contributed by atoms with van der Waals surface area (Å²) < 4.78 is 18.8. The molecule has 1 N–H and O–H groups in total. The molecule has 0 spiro atoms. The molecule has 1 saturated heterocycles. The van der Waals surface area contributed by atoms with Crippen molar-refractivity contribution in [3.05, 3.63) is 0 Å². The third-order valence-corrected chi connectivity index (χ3v) is 3.18. The summed E-state index contributed by atoms with van der Waals surface area (Å²) >= 11 is 0. The van der Waals surface area contributed by atoms with Gasteiger partial charge in [-0.2, -0.15) is 0 Å². The van der Waals surface area contributed by atoms with Crippen LogP contribution >= 0.6 is 0 Å². The first-order chi connectivity index (χ1) is 7.29. The van der Waals surface area contributed by atoms with Gasteiger partial charge in [-0.3, -0.25) is 0 Å². The highest BCUT2D eigenvalue weighted by Crippen LogP contribution is 2.40. The molecule has 5 heteroatoms. The van der Waals surface area contributed by atoms with Crippen LogP contribution in [0.15, 0.2) is 0 Å². The van der Waals surface area contributed by atoms with Gasteiger partial charge in [0.15, 0.2) is 0 Å². The second kappa shape index (κ2) is 3.58. The van der Waals surface area contributed by atoms with Crippen LogP contribution < -0.4 is 0 Å². The highest BCUT2D eigenvalue weighted by molar-refractivity contribution is 5.69. The lowest BCUT2D eigenvalue weighted by molar-refractivity contribution is -0.0215. The van der Waals surface area contributed by atoms with Crippen molar-refractivity contribution in [3.63, 3.8) is 0 Å². The van der Waals surface area contributed by atoms with Crippen molar-refractivity contribution in [2.45, 2.75) is 51.1 Å². The van der Waals surface area contributed by atoms with E-state index in [1.165, 1.54) is 4.90 Å². The molecule has 2 rings (SSSR count). The van der Waals surface area contributed by atoms with E-state index in [1.54, 1.807) is 20.8 Å². The fraction of sp³-hybridized carbons (Fsp3) is 0.909. The van der Waals surface area contributed by atoms with E-state index in [9.17, 15) is 14.3 Å². The van der Waals surface area contributed by atoms with Gasteiger partial charge in [-0.15, -0.1) is 0 Å². The van der Waals surface area contributed by atoms with E-state index in [4.69, 9.17) is 4.74 Å². The van der Waals surface area contributed by atoms with E-state index in [2.05, 4.69) is 0 Å². The Bertz CT molecular complexity index is 300. The van der Waals surface area contributed by atoms with Gasteiger partial charge in [-0.25, -0.2) is 9.18 Å². The van der Waals surface area contributed by atoms with Gasteiger partial charge in [0.1, 0.15) is 11.8 Å². The van der Waals surface area contributed by atoms with E-state index in [0.717, 1.165) is 0 Å². The average Bonchev–Trinajstić information content (AvgIpc) is 2.65. The van der Waals surface area contributed by atoms with Crippen molar-refractivity contribution < 1.29 is 19.0 Å². The topological polar surface area (TPSA) is 49.8 Å². The number of nitrogens with zero attached hydrogens (tertiary/aromatic N) is 1. The van der Waals surface area contributed by atoms with Gasteiger partial charge in [0.05, 0.1) is 12.1 Å². The summed E-state index contributed by atoms with van der Waals surface area (Å²) in [6, 6.07) is -0.505. The highest BCUT2D eigenvalue weighted by atomic mass is 19.1. The van der Waals surface area contributed by atoms with Crippen molar-refractivity contribution in [1.29, 1.82) is 0 Å². The van der Waals surface area contributed by atoms with Crippen LogP contribution in [-0.4, -0.2) is 46.6 Å². The Morgan fingerprint density at radius 3 is 2.56 bits per heavy atom. The summed E-state index contributed by atoms with van der Waals surface area (Å²) in [5, 5.41) is 9.47. The number of amides is 1. The maximum atomic E-state index is 13.6. The Kier molecular flexibility index (Phi) is 2.61. The zero-order chi connectivity index (χ0) is 12.1. The summed E-state index contributed by atoms with van der Waals surface area (Å²) in [5.74, 6) is -0.132. The van der Waals surface area contributed by atoms with Crippen molar-refractivity contribution in [1.82, 2.24) is 4.90 Å². The number of piperidine rings is 1. The molecule has 1 amide bonds. The molecule has 4 atom stereocenters. The van der Waals surface area contributed by atoms with Gasteiger partial charge < -0.3 is 14.7 Å². The van der Waals surface area contributed by atoms with E-state index in [0.29, 0.717) is 13.0 Å². The summed E-state index contributed by atoms with van der Waals surface area (Å²) in [4.78, 5) is 13.2. The second-order valence-corrected chi connectivity index (χ2v) is 5.63. The quantitative estimate of drug-likeness (QED) is 0.684. The number of aliphatic hydroxyl groups is 1. The third-order valence-electron chi connectivity index (χ3n) is 3.18. The number of hydrogen-bond donors (Lipinski definition) is 1. The van der Waals surface area contributed by atoms with Crippen LogP contribution in [0.3, 0.4) is 0 Å².